The Kier molecular flexibility index (Phi) is 7.47. The number of nitrogens with one attached hydrogen (secondary N) is 2. The fourth-order valence-electron chi connectivity index (χ4n) is 3.31. The lowest BCUT2D eigenvalue weighted by Gasteiger charge is -2.31. The molecule has 6 nitrogen and oxygen atoms in total. The Hall–Kier alpha value is -2.35. The maximum atomic E-state index is 12.4. The lowest BCUT2D eigenvalue weighted by atomic mass is 10.1. The Morgan fingerprint density at radius 3 is 2.71 bits per heavy atom. The normalized spacial score (nSPS) is 16.1. The molecular formula is C21H27N2O4S+. The number of amides is 1. The third-order valence-electron chi connectivity index (χ3n) is 4.83. The average molecular weight is 404 g/mol. The first-order chi connectivity index (χ1) is 13.7. The first-order valence-electron chi connectivity index (χ1n) is 9.35. The molecule has 1 fully saturated rings. The summed E-state index contributed by atoms with van der Waals surface area (Å²) in [5, 5.41) is 5.14. The van der Waals surface area contributed by atoms with Crippen molar-refractivity contribution in [1.29, 1.82) is 0 Å². The van der Waals surface area contributed by atoms with Crippen LogP contribution in [0.25, 0.3) is 6.08 Å². The SMILES string of the molecule is COc1ccc(/C=C/C(=O)NC[C@H](c2cccs2)[NH+]2CCOCC2)cc1OC. The van der Waals surface area contributed by atoms with E-state index in [1.165, 1.54) is 9.78 Å². The summed E-state index contributed by atoms with van der Waals surface area (Å²) in [7, 11) is 3.19. The van der Waals surface area contributed by atoms with Crippen LogP contribution >= 0.6 is 11.3 Å². The number of carbonyl (C=O) groups excluding carboxylic acids is 1. The number of hydrogen-bond acceptors (Lipinski definition) is 5. The summed E-state index contributed by atoms with van der Waals surface area (Å²) < 4.78 is 16.0. The molecule has 7 heteroatoms. The molecule has 1 aliphatic heterocycles. The highest BCUT2D eigenvalue weighted by Gasteiger charge is 2.27. The number of rotatable bonds is 8. The molecule has 0 aliphatic carbocycles. The predicted octanol–water partition coefficient (Wildman–Crippen LogP) is 1.55. The van der Waals surface area contributed by atoms with Gasteiger partial charge in [-0.05, 0) is 35.2 Å². The molecule has 0 unspecified atom stereocenters. The number of carbonyl (C=O) groups is 1. The first kappa shape index (κ1) is 20.4. The highest BCUT2D eigenvalue weighted by molar-refractivity contribution is 7.10. The van der Waals surface area contributed by atoms with Gasteiger partial charge in [0.1, 0.15) is 19.1 Å². The maximum Gasteiger partial charge on any atom is 0.244 e. The Morgan fingerprint density at radius 1 is 1.25 bits per heavy atom. The zero-order valence-corrected chi connectivity index (χ0v) is 17.1. The molecule has 2 N–H and O–H groups in total. The largest absolute Gasteiger partial charge is 0.493 e. The fourth-order valence-corrected chi connectivity index (χ4v) is 4.19. The monoisotopic (exact) mass is 403 g/mol. The average Bonchev–Trinajstić information content (AvgIpc) is 3.27. The molecule has 28 heavy (non-hydrogen) atoms. The summed E-state index contributed by atoms with van der Waals surface area (Å²) in [6.07, 6.45) is 3.33. The molecular weight excluding hydrogens is 376 g/mol. The van der Waals surface area contributed by atoms with E-state index in [0.717, 1.165) is 31.9 Å². The lowest BCUT2D eigenvalue weighted by Crippen LogP contribution is -3.15. The summed E-state index contributed by atoms with van der Waals surface area (Å²) in [5.74, 6) is 1.19. The number of ether oxygens (including phenoxy) is 3. The summed E-state index contributed by atoms with van der Waals surface area (Å²) in [6, 6.07) is 10.0. The van der Waals surface area contributed by atoms with Crippen LogP contribution in [0.1, 0.15) is 16.5 Å². The highest BCUT2D eigenvalue weighted by Crippen LogP contribution is 2.27. The van der Waals surface area contributed by atoms with Gasteiger partial charge in [-0.25, -0.2) is 0 Å². The van der Waals surface area contributed by atoms with Gasteiger partial charge in [0.2, 0.25) is 5.91 Å². The molecule has 3 rings (SSSR count). The second-order valence-electron chi connectivity index (χ2n) is 6.53. The molecule has 0 bridgehead atoms. The van der Waals surface area contributed by atoms with Gasteiger partial charge in [-0.3, -0.25) is 4.79 Å². The fraction of sp³-hybridized carbons (Fsp3) is 0.381. The van der Waals surface area contributed by atoms with Crippen molar-refractivity contribution in [1.82, 2.24) is 5.32 Å². The van der Waals surface area contributed by atoms with Crippen LogP contribution in [0.4, 0.5) is 0 Å². The van der Waals surface area contributed by atoms with E-state index in [2.05, 4.69) is 22.8 Å². The number of morpholine rings is 1. The third-order valence-corrected chi connectivity index (χ3v) is 5.82. The Labute approximate surface area is 169 Å². The van der Waals surface area contributed by atoms with Crippen LogP contribution in [0.2, 0.25) is 0 Å². The van der Waals surface area contributed by atoms with Gasteiger partial charge in [-0.15, -0.1) is 11.3 Å². The summed E-state index contributed by atoms with van der Waals surface area (Å²) >= 11 is 1.74. The van der Waals surface area contributed by atoms with Gasteiger partial charge >= 0.3 is 0 Å². The number of hydrogen-bond donors (Lipinski definition) is 2. The highest BCUT2D eigenvalue weighted by atomic mass is 32.1. The van der Waals surface area contributed by atoms with Crippen molar-refractivity contribution in [3.8, 4) is 11.5 Å². The molecule has 1 aromatic carbocycles. The van der Waals surface area contributed by atoms with E-state index in [1.54, 1.807) is 37.7 Å². The van der Waals surface area contributed by atoms with Crippen LogP contribution in [-0.2, 0) is 9.53 Å². The van der Waals surface area contributed by atoms with Crippen LogP contribution in [0, 0.1) is 0 Å². The van der Waals surface area contributed by atoms with Gasteiger partial charge in [0.05, 0.1) is 38.9 Å². The van der Waals surface area contributed by atoms with Crippen molar-refractivity contribution in [3.63, 3.8) is 0 Å². The van der Waals surface area contributed by atoms with Crippen LogP contribution in [0.15, 0.2) is 41.8 Å². The van der Waals surface area contributed by atoms with Crippen molar-refractivity contribution >= 4 is 23.3 Å². The van der Waals surface area contributed by atoms with Crippen molar-refractivity contribution in [2.45, 2.75) is 6.04 Å². The van der Waals surface area contributed by atoms with Crippen LogP contribution in [-0.4, -0.2) is 53.0 Å². The summed E-state index contributed by atoms with van der Waals surface area (Å²) in [5.41, 5.74) is 0.876. The van der Waals surface area contributed by atoms with Gasteiger partial charge in [0.15, 0.2) is 11.5 Å². The zero-order chi connectivity index (χ0) is 19.8. The quantitative estimate of drug-likeness (QED) is 0.657. The minimum atomic E-state index is -0.107. The van der Waals surface area contributed by atoms with Gasteiger partial charge < -0.3 is 24.4 Å². The van der Waals surface area contributed by atoms with Crippen LogP contribution in [0.5, 0.6) is 11.5 Å². The van der Waals surface area contributed by atoms with Crippen molar-refractivity contribution in [2.24, 2.45) is 0 Å². The zero-order valence-electron chi connectivity index (χ0n) is 16.3. The van der Waals surface area contributed by atoms with Gasteiger partial charge in [0.25, 0.3) is 0 Å². The lowest BCUT2D eigenvalue weighted by molar-refractivity contribution is -0.937. The molecule has 1 aromatic heterocycles. The maximum absolute atomic E-state index is 12.4. The number of methoxy groups -OCH3 is 2. The van der Waals surface area contributed by atoms with Crippen LogP contribution < -0.4 is 19.7 Å². The smallest absolute Gasteiger partial charge is 0.244 e. The van der Waals surface area contributed by atoms with Crippen molar-refractivity contribution < 1.29 is 23.9 Å². The van der Waals surface area contributed by atoms with Crippen molar-refractivity contribution in [3.05, 3.63) is 52.2 Å². The minimum Gasteiger partial charge on any atom is -0.493 e. The van der Waals surface area contributed by atoms with Gasteiger partial charge in [-0.2, -0.15) is 0 Å². The molecule has 2 heterocycles. The standard InChI is InChI=1S/C21H26N2O4S/c1-25-18-7-5-16(14-19(18)26-2)6-8-21(24)22-15-17(20-4-3-13-28-20)23-9-11-27-12-10-23/h3-8,13-14,17H,9-12,15H2,1-2H3,(H,22,24)/p+1/b8-6+/t17-/m1/s1. The Bertz CT molecular complexity index is 786. The molecule has 0 spiro atoms. The number of quaternary nitrogens is 1. The van der Waals surface area contributed by atoms with Crippen LogP contribution in [0.3, 0.4) is 0 Å². The third kappa shape index (κ3) is 5.34. The van der Waals surface area contributed by atoms with E-state index in [9.17, 15) is 4.79 Å². The molecule has 150 valence electrons. The van der Waals surface area contributed by atoms with E-state index in [4.69, 9.17) is 14.2 Å². The minimum absolute atomic E-state index is 0.107. The molecule has 1 atom stereocenters. The summed E-state index contributed by atoms with van der Waals surface area (Å²) in [4.78, 5) is 15.1. The van der Waals surface area contributed by atoms with Gasteiger partial charge in [0, 0.05) is 6.08 Å². The second-order valence-corrected chi connectivity index (χ2v) is 7.51. The van der Waals surface area contributed by atoms with E-state index in [1.807, 2.05) is 18.2 Å². The van der Waals surface area contributed by atoms with Gasteiger partial charge in [-0.1, -0.05) is 12.1 Å². The topological polar surface area (TPSA) is 61.2 Å². The van der Waals surface area contributed by atoms with E-state index in [-0.39, 0.29) is 11.9 Å². The predicted molar refractivity (Wildman–Crippen MR) is 110 cm³/mol. The van der Waals surface area contributed by atoms with Crippen molar-refractivity contribution in [2.75, 3.05) is 47.1 Å². The summed E-state index contributed by atoms with van der Waals surface area (Å²) in [6.45, 7) is 4.06. The number of benzene rings is 1. The van der Waals surface area contributed by atoms with E-state index < -0.39 is 0 Å². The molecule has 2 aromatic rings. The van der Waals surface area contributed by atoms with E-state index >= 15 is 0 Å². The molecule has 1 saturated heterocycles. The molecule has 1 amide bonds. The van der Waals surface area contributed by atoms with E-state index in [0.29, 0.717) is 18.0 Å². The molecule has 1 aliphatic rings. The first-order valence-corrected chi connectivity index (χ1v) is 10.2. The number of thiophene rings is 1. The molecule has 0 saturated carbocycles. The molecule has 0 radical (unpaired) electrons. The second kappa shape index (κ2) is 10.3. The Morgan fingerprint density at radius 2 is 2.04 bits per heavy atom. The Balaban J connectivity index is 1.60.